The van der Waals surface area contributed by atoms with Crippen LogP contribution in [-0.4, -0.2) is 58.6 Å². The minimum absolute atomic E-state index is 0.0270. The van der Waals surface area contributed by atoms with Gasteiger partial charge in [0.15, 0.2) is 4.34 Å². The third kappa shape index (κ3) is 3.92. The number of hydrogen-bond acceptors (Lipinski definition) is 6. The van der Waals surface area contributed by atoms with Gasteiger partial charge in [0.05, 0.1) is 11.9 Å². The highest BCUT2D eigenvalue weighted by atomic mass is 32.2. The number of carbonyl (C=O) groups excluding carboxylic acids is 1. The van der Waals surface area contributed by atoms with Gasteiger partial charge in [0.25, 0.3) is 0 Å². The Morgan fingerprint density at radius 1 is 1.68 bits per heavy atom. The number of likely N-dealkylation sites (tertiary alicyclic amines) is 1. The van der Waals surface area contributed by atoms with Crippen molar-refractivity contribution >= 4 is 29.0 Å². The summed E-state index contributed by atoms with van der Waals surface area (Å²) in [5.41, 5.74) is 0.980. The molecule has 1 N–H and O–H groups in total. The van der Waals surface area contributed by atoms with E-state index in [0.29, 0.717) is 25.4 Å². The van der Waals surface area contributed by atoms with Crippen molar-refractivity contribution in [3.63, 3.8) is 0 Å². The zero-order valence-electron chi connectivity index (χ0n) is 11.0. The normalized spacial score (nSPS) is 23.0. The molecular weight excluding hydrogens is 284 g/mol. The molecule has 1 aromatic rings. The lowest BCUT2D eigenvalue weighted by molar-refractivity contribution is -0.127. The molecule has 0 saturated carbocycles. The van der Waals surface area contributed by atoms with E-state index in [1.807, 2.05) is 19.2 Å². The maximum absolute atomic E-state index is 12.0. The van der Waals surface area contributed by atoms with Crippen molar-refractivity contribution in [2.24, 2.45) is 0 Å². The smallest absolute Gasteiger partial charge is 0.233 e. The van der Waals surface area contributed by atoms with Gasteiger partial charge in [-0.05, 0) is 13.8 Å². The lowest BCUT2D eigenvalue weighted by atomic mass is 10.3. The number of thiazole rings is 1. The molecule has 1 amide bonds. The molecule has 1 aliphatic heterocycles. The molecule has 19 heavy (non-hydrogen) atoms. The summed E-state index contributed by atoms with van der Waals surface area (Å²) in [6, 6.07) is 0. The molecule has 2 atom stereocenters. The van der Waals surface area contributed by atoms with Crippen molar-refractivity contribution in [1.82, 2.24) is 9.88 Å². The van der Waals surface area contributed by atoms with E-state index in [1.165, 1.54) is 11.8 Å². The Kier molecular flexibility index (Phi) is 5.20. The minimum Gasteiger partial charge on any atom is -0.388 e. The summed E-state index contributed by atoms with van der Waals surface area (Å²) in [6.45, 7) is 5.22. The van der Waals surface area contributed by atoms with Crippen LogP contribution >= 0.6 is 23.1 Å². The number of rotatable bonds is 5. The highest BCUT2D eigenvalue weighted by molar-refractivity contribution is 8.01. The van der Waals surface area contributed by atoms with Crippen LogP contribution in [0.2, 0.25) is 0 Å². The largest absolute Gasteiger partial charge is 0.388 e. The average molecular weight is 302 g/mol. The second kappa shape index (κ2) is 6.69. The quantitative estimate of drug-likeness (QED) is 0.827. The number of aliphatic hydroxyl groups is 1. The van der Waals surface area contributed by atoms with Gasteiger partial charge in [-0.3, -0.25) is 4.79 Å². The maximum Gasteiger partial charge on any atom is 0.233 e. The first-order valence-electron chi connectivity index (χ1n) is 6.22. The van der Waals surface area contributed by atoms with Crippen molar-refractivity contribution < 1.29 is 14.6 Å². The van der Waals surface area contributed by atoms with E-state index in [1.54, 1.807) is 16.2 Å². The summed E-state index contributed by atoms with van der Waals surface area (Å²) in [7, 11) is 0. The summed E-state index contributed by atoms with van der Waals surface area (Å²) in [4.78, 5) is 18.0. The number of ether oxygens (including phenoxy) is 1. The van der Waals surface area contributed by atoms with Crippen molar-refractivity contribution in [2.45, 2.75) is 30.4 Å². The van der Waals surface area contributed by atoms with Crippen LogP contribution in [0.4, 0.5) is 0 Å². The molecule has 5 nitrogen and oxygen atoms in total. The highest BCUT2D eigenvalue weighted by Crippen LogP contribution is 2.23. The van der Waals surface area contributed by atoms with Crippen molar-refractivity contribution in [2.75, 3.05) is 25.4 Å². The minimum atomic E-state index is -0.573. The molecule has 2 unspecified atom stereocenters. The molecule has 2 rings (SSSR count). The van der Waals surface area contributed by atoms with E-state index < -0.39 is 6.10 Å². The van der Waals surface area contributed by atoms with Crippen LogP contribution in [0.1, 0.15) is 12.6 Å². The predicted octanol–water partition coefficient (Wildman–Crippen LogP) is 1.15. The molecule has 0 radical (unpaired) electrons. The first-order valence-corrected chi connectivity index (χ1v) is 8.09. The molecule has 7 heteroatoms. The average Bonchev–Trinajstić information content (AvgIpc) is 2.94. The van der Waals surface area contributed by atoms with E-state index in [4.69, 9.17) is 4.74 Å². The van der Waals surface area contributed by atoms with Crippen molar-refractivity contribution in [3.8, 4) is 0 Å². The molecule has 2 heterocycles. The Morgan fingerprint density at radius 2 is 2.47 bits per heavy atom. The van der Waals surface area contributed by atoms with E-state index in [0.717, 1.165) is 10.0 Å². The molecule has 0 aliphatic carbocycles. The van der Waals surface area contributed by atoms with Gasteiger partial charge in [0.2, 0.25) is 5.91 Å². The van der Waals surface area contributed by atoms with Gasteiger partial charge in [0, 0.05) is 30.8 Å². The molecule has 106 valence electrons. The third-order valence-electron chi connectivity index (χ3n) is 2.89. The Bertz CT molecular complexity index is 438. The lowest BCUT2D eigenvalue weighted by Gasteiger charge is -2.15. The number of carbonyl (C=O) groups is 1. The number of hydrogen-bond donors (Lipinski definition) is 1. The van der Waals surface area contributed by atoms with E-state index in [2.05, 4.69) is 4.98 Å². The molecule has 0 spiro atoms. The topological polar surface area (TPSA) is 62.7 Å². The third-order valence-corrected chi connectivity index (χ3v) is 5.01. The first-order chi connectivity index (χ1) is 9.10. The van der Waals surface area contributed by atoms with Crippen LogP contribution in [0, 0.1) is 6.92 Å². The molecule has 1 fully saturated rings. The summed E-state index contributed by atoms with van der Waals surface area (Å²) < 4.78 is 6.31. The van der Waals surface area contributed by atoms with Crippen molar-refractivity contribution in [3.05, 3.63) is 11.1 Å². The molecule has 1 saturated heterocycles. The lowest BCUT2D eigenvalue weighted by Crippen LogP contribution is -2.31. The highest BCUT2D eigenvalue weighted by Gasteiger charge is 2.34. The maximum atomic E-state index is 12.0. The Morgan fingerprint density at radius 3 is 3.11 bits per heavy atom. The fraction of sp³-hybridized carbons (Fsp3) is 0.667. The van der Waals surface area contributed by atoms with Crippen LogP contribution in [0.5, 0.6) is 0 Å². The number of β-amino-alcohol motifs (C(OH)–C–C–N with tert-alkyl or cyclic N) is 1. The number of thioether (sulfide) groups is 1. The standard InChI is InChI=1S/C12H18N2O3S2/c1-3-17-10-5-14(4-9(10)15)11(16)7-19-12-13-8(2)6-18-12/h6,9-10,15H,3-5,7H2,1-2H3. The van der Waals surface area contributed by atoms with Gasteiger partial charge in [-0.15, -0.1) is 11.3 Å². The second-order valence-corrected chi connectivity index (χ2v) is 6.48. The van der Waals surface area contributed by atoms with Crippen LogP contribution in [0.3, 0.4) is 0 Å². The number of amides is 1. The van der Waals surface area contributed by atoms with Crippen LogP contribution in [-0.2, 0) is 9.53 Å². The van der Waals surface area contributed by atoms with E-state index in [9.17, 15) is 9.90 Å². The Hall–Kier alpha value is -0.630. The number of aryl methyl sites for hydroxylation is 1. The Balaban J connectivity index is 1.81. The molecule has 0 bridgehead atoms. The van der Waals surface area contributed by atoms with E-state index in [-0.39, 0.29) is 12.0 Å². The fourth-order valence-electron chi connectivity index (χ4n) is 1.95. The molecule has 1 aliphatic rings. The summed E-state index contributed by atoms with van der Waals surface area (Å²) in [5.74, 6) is 0.387. The van der Waals surface area contributed by atoms with Gasteiger partial charge in [-0.1, -0.05) is 11.8 Å². The number of aromatic nitrogens is 1. The predicted molar refractivity (Wildman–Crippen MR) is 75.6 cm³/mol. The molecular formula is C12H18N2O3S2. The van der Waals surface area contributed by atoms with Crippen molar-refractivity contribution in [1.29, 1.82) is 0 Å². The monoisotopic (exact) mass is 302 g/mol. The fourth-order valence-corrected chi connectivity index (χ4v) is 3.70. The zero-order valence-corrected chi connectivity index (χ0v) is 12.7. The summed E-state index contributed by atoms with van der Waals surface area (Å²) in [6.07, 6.45) is -0.822. The van der Waals surface area contributed by atoms with E-state index >= 15 is 0 Å². The van der Waals surface area contributed by atoms with Gasteiger partial charge in [-0.25, -0.2) is 4.98 Å². The SMILES string of the molecule is CCOC1CN(C(=O)CSc2nc(C)cs2)CC1O. The molecule has 1 aromatic heterocycles. The second-order valence-electron chi connectivity index (χ2n) is 4.40. The molecule has 0 aromatic carbocycles. The first kappa shape index (κ1) is 14.8. The van der Waals surface area contributed by atoms with Crippen LogP contribution < -0.4 is 0 Å². The summed E-state index contributed by atoms with van der Waals surface area (Å²) >= 11 is 3.00. The van der Waals surface area contributed by atoms with Gasteiger partial charge < -0.3 is 14.7 Å². The van der Waals surface area contributed by atoms with Gasteiger partial charge in [-0.2, -0.15) is 0 Å². The summed E-state index contributed by atoms with van der Waals surface area (Å²) in [5, 5.41) is 11.8. The number of nitrogens with zero attached hydrogens (tertiary/aromatic N) is 2. The van der Waals surface area contributed by atoms with Gasteiger partial charge >= 0.3 is 0 Å². The number of aliphatic hydroxyl groups excluding tert-OH is 1. The Labute approximate surface area is 121 Å². The van der Waals surface area contributed by atoms with Crippen LogP contribution in [0.15, 0.2) is 9.72 Å². The van der Waals surface area contributed by atoms with Gasteiger partial charge in [0.1, 0.15) is 6.10 Å². The van der Waals surface area contributed by atoms with Crippen LogP contribution in [0.25, 0.3) is 0 Å². The zero-order chi connectivity index (χ0) is 13.8.